The standard InChI is InChI=1S/C28H35N3O8/c1-17(2)25(31-23(33)14-11-19-9-12-21(32)13-10-19)27(36)29-18(3)26(35)30-22-15-24(34)38-28(22)39-37-16-20-7-5-4-6-8-20/h4-10,12-13,17-18,22,25,28,32H,11,14-16H2,1-3H3,(H,29,36)(H,30,35)(H,31,33)/t18-,22?,25-,28?/m0/s1. The minimum absolute atomic E-state index is 0.114. The van der Waals surface area contributed by atoms with Gasteiger partial charge >= 0.3 is 5.97 Å². The molecule has 1 aliphatic rings. The highest BCUT2D eigenvalue weighted by Crippen LogP contribution is 2.18. The lowest BCUT2D eigenvalue weighted by Crippen LogP contribution is -2.56. The van der Waals surface area contributed by atoms with Crippen molar-refractivity contribution in [3.63, 3.8) is 0 Å². The number of esters is 1. The van der Waals surface area contributed by atoms with Crippen LogP contribution in [0.5, 0.6) is 5.75 Å². The van der Waals surface area contributed by atoms with E-state index in [1.54, 1.807) is 38.1 Å². The Morgan fingerprint density at radius 3 is 2.33 bits per heavy atom. The summed E-state index contributed by atoms with van der Waals surface area (Å²) in [6.07, 6.45) is -0.653. The Morgan fingerprint density at radius 1 is 0.974 bits per heavy atom. The van der Waals surface area contributed by atoms with Crippen LogP contribution in [0.25, 0.3) is 0 Å². The number of carbonyl (C=O) groups excluding carboxylic acids is 4. The predicted octanol–water partition coefficient (Wildman–Crippen LogP) is 1.88. The van der Waals surface area contributed by atoms with Gasteiger partial charge in [0, 0.05) is 6.42 Å². The van der Waals surface area contributed by atoms with Crippen LogP contribution in [-0.4, -0.2) is 53.2 Å². The van der Waals surface area contributed by atoms with E-state index in [1.165, 1.54) is 6.92 Å². The van der Waals surface area contributed by atoms with Crippen LogP contribution in [0.1, 0.15) is 44.7 Å². The Hall–Kier alpha value is -3.96. The van der Waals surface area contributed by atoms with Crippen molar-refractivity contribution in [2.75, 3.05) is 0 Å². The summed E-state index contributed by atoms with van der Waals surface area (Å²) in [6, 6.07) is 13.2. The molecule has 2 aromatic carbocycles. The fourth-order valence-corrected chi connectivity index (χ4v) is 3.86. The minimum Gasteiger partial charge on any atom is -0.508 e. The number of ether oxygens (including phenoxy) is 1. The SMILES string of the molecule is CC(C)[C@H](NC(=O)CCc1ccc(O)cc1)C(=O)N[C@@H](C)C(=O)NC1CC(=O)OC1OOCc1ccccc1. The van der Waals surface area contributed by atoms with Crippen LogP contribution in [0.4, 0.5) is 0 Å². The number of nitrogens with one attached hydrogen (secondary N) is 3. The molecule has 4 atom stereocenters. The molecule has 3 amide bonds. The monoisotopic (exact) mass is 541 g/mol. The van der Waals surface area contributed by atoms with Crippen molar-refractivity contribution >= 4 is 23.7 Å². The molecule has 3 rings (SSSR count). The second kappa shape index (κ2) is 14.3. The van der Waals surface area contributed by atoms with E-state index < -0.39 is 42.2 Å². The molecule has 0 saturated carbocycles. The third-order valence-corrected chi connectivity index (χ3v) is 6.12. The maximum atomic E-state index is 12.9. The zero-order chi connectivity index (χ0) is 28.4. The molecule has 2 unspecified atom stereocenters. The highest BCUT2D eigenvalue weighted by atomic mass is 17.2. The van der Waals surface area contributed by atoms with Crippen LogP contribution < -0.4 is 16.0 Å². The summed E-state index contributed by atoms with van der Waals surface area (Å²) in [5.41, 5.74) is 1.73. The van der Waals surface area contributed by atoms with Crippen LogP contribution in [0.15, 0.2) is 54.6 Å². The van der Waals surface area contributed by atoms with Crippen molar-refractivity contribution in [2.45, 2.75) is 71.1 Å². The number of phenolic OH excluding ortho intramolecular Hbond substituents is 1. The molecule has 39 heavy (non-hydrogen) atoms. The van der Waals surface area contributed by atoms with Gasteiger partial charge in [-0.1, -0.05) is 56.3 Å². The van der Waals surface area contributed by atoms with Crippen molar-refractivity contribution in [3.05, 3.63) is 65.7 Å². The van der Waals surface area contributed by atoms with Gasteiger partial charge in [0.2, 0.25) is 17.7 Å². The summed E-state index contributed by atoms with van der Waals surface area (Å²) in [4.78, 5) is 60.4. The highest BCUT2D eigenvalue weighted by molar-refractivity contribution is 5.92. The Kier molecular flexibility index (Phi) is 10.8. The highest BCUT2D eigenvalue weighted by Gasteiger charge is 2.39. The quantitative estimate of drug-likeness (QED) is 0.170. The van der Waals surface area contributed by atoms with Gasteiger partial charge in [-0.2, -0.15) is 4.89 Å². The molecule has 210 valence electrons. The number of aryl methyl sites for hydroxylation is 1. The van der Waals surface area contributed by atoms with E-state index in [0.29, 0.717) is 6.42 Å². The van der Waals surface area contributed by atoms with Gasteiger partial charge in [-0.15, -0.1) is 0 Å². The summed E-state index contributed by atoms with van der Waals surface area (Å²) >= 11 is 0. The van der Waals surface area contributed by atoms with Crippen molar-refractivity contribution in [1.29, 1.82) is 0 Å². The second-order valence-electron chi connectivity index (χ2n) is 9.71. The molecule has 2 aromatic rings. The average Bonchev–Trinajstić information content (AvgIpc) is 3.25. The Balaban J connectivity index is 1.47. The summed E-state index contributed by atoms with van der Waals surface area (Å²) in [7, 11) is 0. The smallest absolute Gasteiger partial charge is 0.310 e. The molecule has 0 radical (unpaired) electrons. The first-order valence-corrected chi connectivity index (χ1v) is 12.8. The Labute approximate surface area is 227 Å². The van der Waals surface area contributed by atoms with Crippen LogP contribution in [0.2, 0.25) is 0 Å². The molecule has 1 fully saturated rings. The number of carbonyl (C=O) groups is 4. The lowest BCUT2D eigenvalue weighted by molar-refractivity contribution is -0.375. The van der Waals surface area contributed by atoms with Crippen LogP contribution >= 0.6 is 0 Å². The molecule has 1 saturated heterocycles. The van der Waals surface area contributed by atoms with Crippen molar-refractivity contribution < 1.29 is 38.8 Å². The number of rotatable bonds is 13. The van der Waals surface area contributed by atoms with Crippen molar-refractivity contribution in [2.24, 2.45) is 5.92 Å². The first-order chi connectivity index (χ1) is 18.6. The van der Waals surface area contributed by atoms with E-state index >= 15 is 0 Å². The lowest BCUT2D eigenvalue weighted by atomic mass is 10.0. The molecule has 4 N–H and O–H groups in total. The summed E-state index contributed by atoms with van der Waals surface area (Å²) < 4.78 is 5.10. The van der Waals surface area contributed by atoms with E-state index in [2.05, 4.69) is 16.0 Å². The van der Waals surface area contributed by atoms with Gasteiger partial charge < -0.3 is 25.8 Å². The molecule has 1 aliphatic heterocycles. The fraction of sp³-hybridized carbons (Fsp3) is 0.429. The van der Waals surface area contributed by atoms with Crippen LogP contribution in [0.3, 0.4) is 0 Å². The number of aromatic hydroxyl groups is 1. The largest absolute Gasteiger partial charge is 0.508 e. The van der Waals surface area contributed by atoms with Crippen LogP contribution in [-0.2, 0) is 46.7 Å². The van der Waals surface area contributed by atoms with E-state index in [-0.39, 0.29) is 37.0 Å². The Bertz CT molecular complexity index is 1120. The summed E-state index contributed by atoms with van der Waals surface area (Å²) in [5, 5.41) is 17.4. The predicted molar refractivity (Wildman–Crippen MR) is 140 cm³/mol. The number of amides is 3. The van der Waals surface area contributed by atoms with Gasteiger partial charge in [-0.3, -0.25) is 19.2 Å². The maximum Gasteiger partial charge on any atom is 0.310 e. The number of phenols is 1. The van der Waals surface area contributed by atoms with Crippen molar-refractivity contribution in [1.82, 2.24) is 16.0 Å². The van der Waals surface area contributed by atoms with E-state index in [1.807, 2.05) is 30.3 Å². The number of hydrogen-bond acceptors (Lipinski definition) is 8. The first-order valence-electron chi connectivity index (χ1n) is 12.8. The second-order valence-corrected chi connectivity index (χ2v) is 9.71. The molecule has 0 spiro atoms. The van der Waals surface area contributed by atoms with E-state index in [0.717, 1.165) is 11.1 Å². The van der Waals surface area contributed by atoms with Gasteiger partial charge in [-0.05, 0) is 42.5 Å². The van der Waals surface area contributed by atoms with E-state index in [4.69, 9.17) is 14.5 Å². The summed E-state index contributed by atoms with van der Waals surface area (Å²) in [6.45, 7) is 5.19. The number of hydrogen-bond donors (Lipinski definition) is 4. The molecule has 11 nitrogen and oxygen atoms in total. The van der Waals surface area contributed by atoms with Gasteiger partial charge in [0.25, 0.3) is 6.29 Å². The minimum atomic E-state index is -1.13. The third-order valence-electron chi connectivity index (χ3n) is 6.12. The topological polar surface area (TPSA) is 152 Å². The molecule has 1 heterocycles. The van der Waals surface area contributed by atoms with Gasteiger partial charge in [0.05, 0.1) is 6.42 Å². The zero-order valence-electron chi connectivity index (χ0n) is 22.2. The lowest BCUT2D eigenvalue weighted by Gasteiger charge is -2.25. The molecular formula is C28H35N3O8. The third kappa shape index (κ3) is 9.38. The van der Waals surface area contributed by atoms with Gasteiger partial charge in [-0.25, -0.2) is 4.89 Å². The molecular weight excluding hydrogens is 506 g/mol. The molecule has 0 bridgehead atoms. The van der Waals surface area contributed by atoms with Gasteiger partial charge in [0.1, 0.15) is 30.5 Å². The Morgan fingerprint density at radius 2 is 1.67 bits per heavy atom. The fourth-order valence-electron chi connectivity index (χ4n) is 3.86. The van der Waals surface area contributed by atoms with E-state index in [9.17, 15) is 24.3 Å². The molecule has 11 heteroatoms. The number of benzene rings is 2. The average molecular weight is 542 g/mol. The maximum absolute atomic E-state index is 12.9. The van der Waals surface area contributed by atoms with Gasteiger partial charge in [0.15, 0.2) is 0 Å². The van der Waals surface area contributed by atoms with Crippen LogP contribution in [0, 0.1) is 5.92 Å². The van der Waals surface area contributed by atoms with Crippen molar-refractivity contribution in [3.8, 4) is 5.75 Å². The first kappa shape index (κ1) is 29.6. The number of cyclic esters (lactones) is 1. The zero-order valence-corrected chi connectivity index (χ0v) is 22.2. The molecule has 0 aromatic heterocycles. The summed E-state index contributed by atoms with van der Waals surface area (Å²) in [5.74, 6) is -2.03. The normalized spacial score (nSPS) is 18.2. The molecule has 0 aliphatic carbocycles.